The molecule has 3 nitrogen and oxygen atoms in total. The third-order valence-electron chi connectivity index (χ3n) is 4.86. The largest absolute Gasteiger partial charge is 0.414 e. The van der Waals surface area contributed by atoms with E-state index < -0.39 is 5.43 Å². The van der Waals surface area contributed by atoms with Gasteiger partial charge in [0, 0.05) is 29.1 Å². The van der Waals surface area contributed by atoms with Crippen LogP contribution in [0.3, 0.4) is 0 Å². The maximum Gasteiger partial charge on any atom is 0.409 e. The van der Waals surface area contributed by atoms with Crippen LogP contribution in [0.2, 0.25) is 0 Å². The minimum Gasteiger partial charge on any atom is -0.414 e. The summed E-state index contributed by atoms with van der Waals surface area (Å²) in [6.07, 6.45) is 5.31. The molecule has 134 valence electrons. The summed E-state index contributed by atoms with van der Waals surface area (Å²) in [6.45, 7) is 4.47. The van der Waals surface area contributed by atoms with Crippen LogP contribution < -0.4 is 4.74 Å². The zero-order valence-electron chi connectivity index (χ0n) is 14.5. The van der Waals surface area contributed by atoms with E-state index in [1.165, 1.54) is 10.4 Å². The number of carbonyl (C=O) groups is 1. The molecule has 0 radical (unpaired) electrons. The number of hydrogen-bond acceptors (Lipinski definition) is 4. The van der Waals surface area contributed by atoms with Crippen molar-refractivity contribution in [3.63, 3.8) is 0 Å². The molecule has 1 aliphatic rings. The first-order valence-electron chi connectivity index (χ1n) is 8.92. The molecule has 1 aliphatic carbocycles. The predicted octanol–water partition coefficient (Wildman–Crippen LogP) is 5.30. The molecule has 0 spiro atoms. The zero-order chi connectivity index (χ0) is 17.6. The summed E-state index contributed by atoms with van der Waals surface area (Å²) in [6, 6.07) is 10.8. The van der Waals surface area contributed by atoms with Crippen LogP contribution in [-0.2, 0) is 19.3 Å². The second kappa shape index (κ2) is 8.84. The van der Waals surface area contributed by atoms with Crippen LogP contribution in [-0.4, -0.2) is 29.5 Å². The molecule has 0 saturated heterocycles. The number of halogens is 1. The van der Waals surface area contributed by atoms with Crippen LogP contribution in [0.25, 0.3) is 0 Å². The smallest absolute Gasteiger partial charge is 0.409 e. The average molecular weight is 378 g/mol. The summed E-state index contributed by atoms with van der Waals surface area (Å²) in [7, 11) is 0. The molecule has 0 amide bonds. The van der Waals surface area contributed by atoms with Crippen molar-refractivity contribution >= 4 is 28.4 Å². The predicted molar refractivity (Wildman–Crippen MR) is 104 cm³/mol. The number of hydrogen-bond donors (Lipinski definition) is 0. The maximum atomic E-state index is 11.1. The van der Waals surface area contributed by atoms with Gasteiger partial charge in [-0.2, -0.15) is 0 Å². The van der Waals surface area contributed by atoms with Crippen molar-refractivity contribution < 1.29 is 9.53 Å². The van der Waals surface area contributed by atoms with Gasteiger partial charge in [-0.15, -0.1) is 11.3 Å². The lowest BCUT2D eigenvalue weighted by Gasteiger charge is -2.35. The topological polar surface area (TPSA) is 29.5 Å². The lowest BCUT2D eigenvalue weighted by molar-refractivity contribution is 0.181. The highest BCUT2D eigenvalue weighted by Gasteiger charge is 2.26. The van der Waals surface area contributed by atoms with Gasteiger partial charge in [-0.05, 0) is 67.3 Å². The highest BCUT2D eigenvalue weighted by molar-refractivity contribution is 7.09. The minimum absolute atomic E-state index is 0.550. The number of carbonyl (C=O) groups excluding carboxylic acids is 1. The number of thiophene rings is 1. The van der Waals surface area contributed by atoms with Crippen LogP contribution >= 0.6 is 22.9 Å². The van der Waals surface area contributed by atoms with Gasteiger partial charge in [0.15, 0.2) is 0 Å². The Labute approximate surface area is 158 Å². The van der Waals surface area contributed by atoms with Crippen LogP contribution in [0.15, 0.2) is 35.7 Å². The van der Waals surface area contributed by atoms with E-state index in [4.69, 9.17) is 16.3 Å². The van der Waals surface area contributed by atoms with Gasteiger partial charge < -0.3 is 4.74 Å². The lowest BCUT2D eigenvalue weighted by Crippen LogP contribution is -2.41. The van der Waals surface area contributed by atoms with Crippen LogP contribution in [0.1, 0.15) is 35.8 Å². The summed E-state index contributed by atoms with van der Waals surface area (Å²) in [5.41, 5.74) is 1.66. The maximum absolute atomic E-state index is 11.1. The number of benzene rings is 1. The second-order valence-corrected chi connectivity index (χ2v) is 7.84. The van der Waals surface area contributed by atoms with Gasteiger partial charge in [0.2, 0.25) is 0 Å². The Morgan fingerprint density at radius 1 is 1.32 bits per heavy atom. The molecular weight excluding hydrogens is 354 g/mol. The first kappa shape index (κ1) is 18.4. The Morgan fingerprint density at radius 3 is 2.92 bits per heavy atom. The average Bonchev–Trinajstić information content (AvgIpc) is 3.11. The normalized spacial score (nSPS) is 16.7. The molecule has 1 heterocycles. The molecule has 0 fully saturated rings. The van der Waals surface area contributed by atoms with Gasteiger partial charge in [0.1, 0.15) is 5.75 Å². The molecule has 2 aromatic rings. The van der Waals surface area contributed by atoms with Gasteiger partial charge in [0.25, 0.3) is 0 Å². The lowest BCUT2D eigenvalue weighted by atomic mass is 9.86. The fourth-order valence-corrected chi connectivity index (χ4v) is 4.50. The molecule has 3 rings (SSSR count). The first-order chi connectivity index (χ1) is 12.2. The van der Waals surface area contributed by atoms with E-state index in [2.05, 4.69) is 35.4 Å². The molecule has 5 heteroatoms. The summed E-state index contributed by atoms with van der Waals surface area (Å²) in [5.74, 6) is 0.622. The van der Waals surface area contributed by atoms with Gasteiger partial charge >= 0.3 is 5.43 Å². The van der Waals surface area contributed by atoms with E-state index in [1.54, 1.807) is 0 Å². The van der Waals surface area contributed by atoms with Gasteiger partial charge in [-0.3, -0.25) is 4.90 Å². The minimum atomic E-state index is -0.765. The standard InChI is InChI=1S/C20H24ClNO2S/c1-2-11-22(12-10-17-6-4-13-25-17)16-8-9-18-15(14-16)5-3-7-19(18)24-20(21)23/h3-7,13,16H,2,8-12,14H2,1H3/t16-/m0/s1. The van der Waals surface area contributed by atoms with E-state index in [1.807, 2.05) is 23.5 Å². The summed E-state index contributed by atoms with van der Waals surface area (Å²) < 4.78 is 5.17. The fourth-order valence-electron chi connectivity index (χ4n) is 3.72. The molecule has 1 aromatic heterocycles. The third-order valence-corrected chi connectivity index (χ3v) is 5.87. The number of rotatable bonds is 7. The molecule has 0 bridgehead atoms. The first-order valence-corrected chi connectivity index (χ1v) is 10.2. The Morgan fingerprint density at radius 2 is 2.20 bits per heavy atom. The van der Waals surface area contributed by atoms with Crippen molar-refractivity contribution in [1.29, 1.82) is 0 Å². The molecule has 0 N–H and O–H groups in total. The Hall–Kier alpha value is -1.36. The van der Waals surface area contributed by atoms with Crippen molar-refractivity contribution in [2.75, 3.05) is 13.1 Å². The van der Waals surface area contributed by atoms with Crippen molar-refractivity contribution in [2.45, 2.75) is 45.1 Å². The van der Waals surface area contributed by atoms with Crippen molar-refractivity contribution in [2.24, 2.45) is 0 Å². The quantitative estimate of drug-likeness (QED) is 0.613. The summed E-state index contributed by atoms with van der Waals surface area (Å²) >= 11 is 7.24. The zero-order valence-corrected chi connectivity index (χ0v) is 16.1. The summed E-state index contributed by atoms with van der Waals surface area (Å²) in [4.78, 5) is 15.2. The van der Waals surface area contributed by atoms with Crippen LogP contribution in [0.5, 0.6) is 5.75 Å². The Bertz CT molecular complexity index is 702. The number of ether oxygens (including phenoxy) is 1. The molecule has 1 atom stereocenters. The van der Waals surface area contributed by atoms with Crippen molar-refractivity contribution in [3.05, 3.63) is 51.7 Å². The van der Waals surface area contributed by atoms with E-state index in [9.17, 15) is 4.79 Å². The van der Waals surface area contributed by atoms with Crippen LogP contribution in [0.4, 0.5) is 4.79 Å². The van der Waals surface area contributed by atoms with Gasteiger partial charge in [-0.25, -0.2) is 4.79 Å². The van der Waals surface area contributed by atoms with Gasteiger partial charge in [0.05, 0.1) is 0 Å². The van der Waals surface area contributed by atoms with Gasteiger partial charge in [-0.1, -0.05) is 25.1 Å². The SMILES string of the molecule is CCCN(CCc1cccs1)[C@H]1CCc2c(cccc2OC(=O)Cl)C1. The highest BCUT2D eigenvalue weighted by atomic mass is 35.5. The van der Waals surface area contributed by atoms with Crippen molar-refractivity contribution in [1.82, 2.24) is 4.90 Å². The molecule has 25 heavy (non-hydrogen) atoms. The number of fused-ring (bicyclic) bond motifs is 1. The van der Waals surface area contributed by atoms with E-state index >= 15 is 0 Å². The molecule has 0 aliphatic heterocycles. The molecule has 0 unspecified atom stereocenters. The third kappa shape index (κ3) is 4.84. The second-order valence-electron chi connectivity index (χ2n) is 6.50. The Kier molecular flexibility index (Phi) is 6.51. The molecule has 1 aromatic carbocycles. The molecule has 0 saturated carbocycles. The summed E-state index contributed by atoms with van der Waals surface area (Å²) in [5, 5.41) is 2.15. The van der Waals surface area contributed by atoms with Crippen LogP contribution in [0, 0.1) is 0 Å². The molecular formula is C20H24ClNO2S. The monoisotopic (exact) mass is 377 g/mol. The fraction of sp³-hybridized carbons (Fsp3) is 0.450. The van der Waals surface area contributed by atoms with Crippen molar-refractivity contribution in [3.8, 4) is 5.75 Å². The van der Waals surface area contributed by atoms with E-state index in [0.717, 1.165) is 50.8 Å². The van der Waals surface area contributed by atoms with E-state index in [-0.39, 0.29) is 0 Å². The number of nitrogens with zero attached hydrogens (tertiary/aromatic N) is 1. The highest BCUT2D eigenvalue weighted by Crippen LogP contribution is 2.32. The Balaban J connectivity index is 1.69. The van der Waals surface area contributed by atoms with E-state index in [0.29, 0.717) is 11.8 Å².